The Bertz CT molecular complexity index is 532. The van der Waals surface area contributed by atoms with Crippen LogP contribution < -0.4 is 0 Å². The quantitative estimate of drug-likeness (QED) is 0.730. The fourth-order valence-corrected chi connectivity index (χ4v) is 6.83. The van der Waals surface area contributed by atoms with Gasteiger partial charge in [-0.3, -0.25) is 4.79 Å². The van der Waals surface area contributed by atoms with E-state index in [1.165, 1.54) is 18.4 Å². The number of hydrogen-bond acceptors (Lipinski definition) is 2. The number of fused-ring (bicyclic) bond motifs is 5. The Balaban J connectivity index is 1.69. The largest absolute Gasteiger partial charge is 0.390 e. The summed E-state index contributed by atoms with van der Waals surface area (Å²) in [5.74, 6) is 3.86. The zero-order chi connectivity index (χ0) is 15.7. The number of ketones is 1. The van der Waals surface area contributed by atoms with Crippen molar-refractivity contribution >= 4 is 5.78 Å². The fourth-order valence-electron chi connectivity index (χ4n) is 6.83. The Morgan fingerprint density at radius 1 is 1.18 bits per heavy atom. The van der Waals surface area contributed by atoms with E-state index in [1.54, 1.807) is 0 Å². The number of aliphatic hydroxyl groups is 1. The average molecular weight is 302 g/mol. The van der Waals surface area contributed by atoms with Gasteiger partial charge in [0.2, 0.25) is 0 Å². The zero-order valence-corrected chi connectivity index (χ0v) is 14.3. The van der Waals surface area contributed by atoms with Gasteiger partial charge in [0.25, 0.3) is 0 Å². The van der Waals surface area contributed by atoms with Crippen LogP contribution in [-0.4, -0.2) is 16.5 Å². The standard InChI is InChI=1S/C20H30O2/c1-12-10-13-11-14(21)4-5-15(13)16-6-8-19(2)17(18(12)16)7-9-20(19,3)22/h11-12,15-18,22H,4-10H2,1-3H3/t12-,15+,16?,17?,18?,19+,20+/m1/s1. The molecule has 2 nitrogen and oxygen atoms in total. The summed E-state index contributed by atoms with van der Waals surface area (Å²) in [6.45, 7) is 6.82. The highest BCUT2D eigenvalue weighted by atomic mass is 16.3. The van der Waals surface area contributed by atoms with Crippen molar-refractivity contribution in [3.05, 3.63) is 11.6 Å². The summed E-state index contributed by atoms with van der Waals surface area (Å²) in [7, 11) is 0. The molecule has 0 bridgehead atoms. The molecule has 3 unspecified atom stereocenters. The first kappa shape index (κ1) is 14.9. The normalized spacial score (nSPS) is 54.3. The average Bonchev–Trinajstić information content (AvgIpc) is 2.69. The Morgan fingerprint density at radius 3 is 2.73 bits per heavy atom. The predicted molar refractivity (Wildman–Crippen MR) is 87.3 cm³/mol. The van der Waals surface area contributed by atoms with Crippen LogP contribution in [0.2, 0.25) is 0 Å². The van der Waals surface area contributed by atoms with Gasteiger partial charge in [0.05, 0.1) is 5.60 Å². The van der Waals surface area contributed by atoms with Crippen molar-refractivity contribution in [3.8, 4) is 0 Å². The molecule has 0 amide bonds. The summed E-state index contributed by atoms with van der Waals surface area (Å²) in [5, 5.41) is 10.9. The smallest absolute Gasteiger partial charge is 0.155 e. The van der Waals surface area contributed by atoms with E-state index in [-0.39, 0.29) is 5.41 Å². The lowest BCUT2D eigenvalue weighted by Crippen LogP contribution is -2.53. The third-order valence-corrected chi connectivity index (χ3v) is 8.20. The van der Waals surface area contributed by atoms with Crippen LogP contribution in [0, 0.1) is 35.0 Å². The molecule has 0 saturated heterocycles. The van der Waals surface area contributed by atoms with Gasteiger partial charge in [-0.1, -0.05) is 19.4 Å². The fraction of sp³-hybridized carbons (Fsp3) is 0.850. The molecule has 0 radical (unpaired) electrons. The second kappa shape index (κ2) is 4.69. The van der Waals surface area contributed by atoms with Gasteiger partial charge in [-0.15, -0.1) is 0 Å². The number of carbonyl (C=O) groups is 1. The van der Waals surface area contributed by atoms with Gasteiger partial charge < -0.3 is 5.11 Å². The molecule has 0 spiro atoms. The first-order valence-corrected chi connectivity index (χ1v) is 9.29. The highest BCUT2D eigenvalue weighted by Gasteiger charge is 2.61. The summed E-state index contributed by atoms with van der Waals surface area (Å²) in [6, 6.07) is 0. The maximum absolute atomic E-state index is 11.8. The topological polar surface area (TPSA) is 37.3 Å². The molecule has 3 fully saturated rings. The molecule has 122 valence electrons. The summed E-state index contributed by atoms with van der Waals surface area (Å²) in [6.07, 6.45) is 9.51. The molecule has 0 aromatic carbocycles. The van der Waals surface area contributed by atoms with E-state index in [9.17, 15) is 9.90 Å². The van der Waals surface area contributed by atoms with Gasteiger partial charge >= 0.3 is 0 Å². The van der Waals surface area contributed by atoms with E-state index in [4.69, 9.17) is 0 Å². The molecule has 4 aliphatic rings. The Hall–Kier alpha value is -0.630. The van der Waals surface area contributed by atoms with E-state index in [1.807, 2.05) is 6.08 Å². The molecular formula is C20H30O2. The summed E-state index contributed by atoms with van der Waals surface area (Å²) in [5.41, 5.74) is 1.08. The third-order valence-electron chi connectivity index (χ3n) is 8.20. The lowest BCUT2D eigenvalue weighted by atomic mass is 9.48. The molecule has 0 heterocycles. The maximum atomic E-state index is 11.8. The van der Waals surface area contributed by atoms with Gasteiger partial charge in [0, 0.05) is 6.42 Å². The number of rotatable bonds is 0. The predicted octanol–water partition coefficient (Wildman–Crippen LogP) is 4.13. The van der Waals surface area contributed by atoms with E-state index in [0.717, 1.165) is 43.9 Å². The van der Waals surface area contributed by atoms with Crippen molar-refractivity contribution in [2.24, 2.45) is 35.0 Å². The van der Waals surface area contributed by atoms with E-state index in [0.29, 0.717) is 23.5 Å². The molecule has 1 N–H and O–H groups in total. The molecular weight excluding hydrogens is 272 g/mol. The van der Waals surface area contributed by atoms with Crippen LogP contribution in [0.3, 0.4) is 0 Å². The second-order valence-electron chi connectivity index (χ2n) is 9.13. The lowest BCUT2D eigenvalue weighted by Gasteiger charge is -2.57. The number of carbonyl (C=O) groups excluding carboxylic acids is 1. The molecule has 4 rings (SSSR count). The van der Waals surface area contributed by atoms with E-state index in [2.05, 4.69) is 20.8 Å². The van der Waals surface area contributed by atoms with Crippen molar-refractivity contribution in [3.63, 3.8) is 0 Å². The van der Waals surface area contributed by atoms with Gasteiger partial charge in [-0.25, -0.2) is 0 Å². The first-order chi connectivity index (χ1) is 10.3. The van der Waals surface area contributed by atoms with E-state index >= 15 is 0 Å². The minimum atomic E-state index is -0.485. The van der Waals surface area contributed by atoms with Crippen molar-refractivity contribution in [1.29, 1.82) is 0 Å². The molecule has 0 aromatic heterocycles. The first-order valence-electron chi connectivity index (χ1n) is 9.29. The Morgan fingerprint density at radius 2 is 1.95 bits per heavy atom. The van der Waals surface area contributed by atoms with Crippen LogP contribution in [0.1, 0.15) is 65.7 Å². The molecule has 2 heteroatoms. The maximum Gasteiger partial charge on any atom is 0.155 e. The molecule has 3 saturated carbocycles. The van der Waals surface area contributed by atoms with Gasteiger partial charge in [0.15, 0.2) is 5.78 Å². The zero-order valence-electron chi connectivity index (χ0n) is 14.3. The molecule has 22 heavy (non-hydrogen) atoms. The van der Waals surface area contributed by atoms with Crippen LogP contribution in [0.5, 0.6) is 0 Å². The Kier molecular flexibility index (Phi) is 3.18. The summed E-state index contributed by atoms with van der Waals surface area (Å²) < 4.78 is 0. The van der Waals surface area contributed by atoms with Crippen LogP contribution in [0.25, 0.3) is 0 Å². The number of allylic oxidation sites excluding steroid dienone is 1. The number of hydrogen-bond donors (Lipinski definition) is 1. The molecule has 7 atom stereocenters. The van der Waals surface area contributed by atoms with Crippen LogP contribution in [0.15, 0.2) is 11.6 Å². The van der Waals surface area contributed by atoms with Gasteiger partial charge in [-0.05, 0) is 86.5 Å². The van der Waals surface area contributed by atoms with Crippen molar-refractivity contribution in [1.82, 2.24) is 0 Å². The van der Waals surface area contributed by atoms with Crippen LogP contribution >= 0.6 is 0 Å². The summed E-state index contributed by atoms with van der Waals surface area (Å²) in [4.78, 5) is 11.8. The van der Waals surface area contributed by atoms with Gasteiger partial charge in [0.1, 0.15) is 0 Å². The van der Waals surface area contributed by atoms with Crippen molar-refractivity contribution in [2.75, 3.05) is 0 Å². The minimum Gasteiger partial charge on any atom is -0.390 e. The van der Waals surface area contributed by atoms with Crippen molar-refractivity contribution in [2.45, 2.75) is 71.3 Å². The van der Waals surface area contributed by atoms with Crippen molar-refractivity contribution < 1.29 is 9.90 Å². The van der Waals surface area contributed by atoms with Gasteiger partial charge in [-0.2, -0.15) is 0 Å². The Labute approximate surface area is 134 Å². The monoisotopic (exact) mass is 302 g/mol. The van der Waals surface area contributed by atoms with Crippen LogP contribution in [-0.2, 0) is 4.79 Å². The van der Waals surface area contributed by atoms with Crippen LogP contribution in [0.4, 0.5) is 0 Å². The molecule has 4 aliphatic carbocycles. The summed E-state index contributed by atoms with van der Waals surface area (Å²) >= 11 is 0. The highest BCUT2D eigenvalue weighted by molar-refractivity contribution is 5.91. The minimum absolute atomic E-state index is 0.105. The second-order valence-corrected chi connectivity index (χ2v) is 9.13. The van der Waals surface area contributed by atoms with E-state index < -0.39 is 5.60 Å². The SMILES string of the molecule is C[C@@H]1CC2=CC(=O)CC[C@@H]2C2CC[C@@]3(C)C(CC[C@]3(C)O)C21. The molecule has 0 aliphatic heterocycles. The third kappa shape index (κ3) is 1.85. The molecule has 0 aromatic rings. The lowest BCUT2D eigenvalue weighted by molar-refractivity contribution is -0.121. The highest BCUT2D eigenvalue weighted by Crippen LogP contribution is 2.65.